The van der Waals surface area contributed by atoms with Gasteiger partial charge in [0.25, 0.3) is 0 Å². The van der Waals surface area contributed by atoms with Crippen molar-refractivity contribution in [3.8, 4) is 17.2 Å². The second-order valence-corrected chi connectivity index (χ2v) is 7.99. The van der Waals surface area contributed by atoms with Crippen LogP contribution < -0.4 is 9.64 Å². The largest absolute Gasteiger partial charge is 0.496 e. The van der Waals surface area contributed by atoms with Gasteiger partial charge in [0.15, 0.2) is 0 Å². The molecule has 2 aromatic heterocycles. The fraction of sp³-hybridized carbons (Fsp3) is 0.417. The molecule has 0 radical (unpaired) electrons. The molecule has 158 valence electrons. The van der Waals surface area contributed by atoms with Crippen molar-refractivity contribution >= 4 is 5.82 Å². The van der Waals surface area contributed by atoms with Gasteiger partial charge in [-0.25, -0.2) is 9.97 Å². The first-order valence-electron chi connectivity index (χ1n) is 10.5. The van der Waals surface area contributed by atoms with Crippen molar-refractivity contribution in [2.24, 2.45) is 0 Å². The molecule has 1 fully saturated rings. The highest BCUT2D eigenvalue weighted by atomic mass is 16.5. The molecule has 6 nitrogen and oxygen atoms in total. The van der Waals surface area contributed by atoms with Crippen LogP contribution in [0.1, 0.15) is 28.3 Å². The smallest absolute Gasteiger partial charge is 0.226 e. The van der Waals surface area contributed by atoms with Gasteiger partial charge in [0.1, 0.15) is 17.3 Å². The van der Waals surface area contributed by atoms with Gasteiger partial charge in [-0.1, -0.05) is 6.07 Å². The van der Waals surface area contributed by atoms with Crippen LogP contribution in [0.25, 0.3) is 11.5 Å². The van der Waals surface area contributed by atoms with E-state index in [9.17, 15) is 0 Å². The average molecular weight is 407 g/mol. The molecule has 1 aliphatic rings. The first kappa shape index (κ1) is 20.4. The van der Waals surface area contributed by atoms with Crippen LogP contribution in [0.15, 0.2) is 34.7 Å². The fourth-order valence-electron chi connectivity index (χ4n) is 3.99. The molecular formula is C24H30N4O2. The molecule has 0 N–H and O–H groups in total. The molecule has 3 heterocycles. The third-order valence-corrected chi connectivity index (χ3v) is 6.02. The van der Waals surface area contributed by atoms with Crippen molar-refractivity contribution in [2.45, 2.75) is 34.2 Å². The van der Waals surface area contributed by atoms with E-state index in [-0.39, 0.29) is 0 Å². The van der Waals surface area contributed by atoms with Crippen LogP contribution in [0.3, 0.4) is 0 Å². The third kappa shape index (κ3) is 4.05. The van der Waals surface area contributed by atoms with Crippen LogP contribution in [0.5, 0.6) is 5.75 Å². The number of nitrogens with zero attached hydrogens (tertiary/aromatic N) is 4. The summed E-state index contributed by atoms with van der Waals surface area (Å²) in [5, 5.41) is 0. The van der Waals surface area contributed by atoms with Crippen LogP contribution in [0.2, 0.25) is 0 Å². The summed E-state index contributed by atoms with van der Waals surface area (Å²) in [5.41, 5.74) is 5.36. The number of hydrogen-bond acceptors (Lipinski definition) is 6. The molecule has 4 rings (SSSR count). The number of rotatable bonds is 5. The molecule has 0 saturated carbocycles. The molecule has 0 unspecified atom stereocenters. The van der Waals surface area contributed by atoms with E-state index < -0.39 is 0 Å². The normalized spacial score (nSPS) is 14.9. The molecule has 1 aliphatic heterocycles. The van der Waals surface area contributed by atoms with Gasteiger partial charge in [-0.05, 0) is 63.1 Å². The highest BCUT2D eigenvalue weighted by Crippen LogP contribution is 2.32. The summed E-state index contributed by atoms with van der Waals surface area (Å²) >= 11 is 0. The maximum absolute atomic E-state index is 6.06. The zero-order valence-electron chi connectivity index (χ0n) is 18.5. The minimum Gasteiger partial charge on any atom is -0.496 e. The first-order valence-corrected chi connectivity index (χ1v) is 10.5. The summed E-state index contributed by atoms with van der Waals surface area (Å²) < 4.78 is 11.5. The van der Waals surface area contributed by atoms with E-state index in [1.807, 2.05) is 32.0 Å². The molecule has 0 aliphatic carbocycles. The minimum atomic E-state index is 0.688. The van der Waals surface area contributed by atoms with Gasteiger partial charge in [-0.15, -0.1) is 0 Å². The lowest BCUT2D eigenvalue weighted by atomic mass is 10.0. The van der Waals surface area contributed by atoms with Gasteiger partial charge in [0, 0.05) is 44.0 Å². The number of benzene rings is 1. The highest BCUT2D eigenvalue weighted by Gasteiger charge is 2.21. The predicted molar refractivity (Wildman–Crippen MR) is 119 cm³/mol. The van der Waals surface area contributed by atoms with E-state index in [1.54, 1.807) is 7.11 Å². The van der Waals surface area contributed by atoms with E-state index in [4.69, 9.17) is 14.1 Å². The zero-order chi connectivity index (χ0) is 21.3. The third-order valence-electron chi connectivity index (χ3n) is 6.02. The zero-order valence-corrected chi connectivity index (χ0v) is 18.5. The summed E-state index contributed by atoms with van der Waals surface area (Å²) in [5.74, 6) is 3.54. The monoisotopic (exact) mass is 406 g/mol. The molecule has 3 aromatic rings. The van der Waals surface area contributed by atoms with Gasteiger partial charge in [0.05, 0.1) is 12.8 Å². The van der Waals surface area contributed by atoms with E-state index in [0.717, 1.165) is 78.1 Å². The van der Waals surface area contributed by atoms with Gasteiger partial charge >= 0.3 is 0 Å². The summed E-state index contributed by atoms with van der Waals surface area (Å²) in [6, 6.07) is 10.2. The molecule has 0 spiro atoms. The molecule has 30 heavy (non-hydrogen) atoms. The van der Waals surface area contributed by atoms with Crippen LogP contribution in [-0.4, -0.2) is 48.2 Å². The van der Waals surface area contributed by atoms with Gasteiger partial charge in [0.2, 0.25) is 5.89 Å². The van der Waals surface area contributed by atoms with Crippen LogP contribution >= 0.6 is 0 Å². The summed E-state index contributed by atoms with van der Waals surface area (Å²) in [6.45, 7) is 12.9. The molecule has 0 atom stereocenters. The number of methoxy groups -OCH3 is 1. The Morgan fingerprint density at radius 3 is 2.40 bits per heavy atom. The molecule has 1 aromatic carbocycles. The number of piperazine rings is 1. The van der Waals surface area contributed by atoms with Crippen molar-refractivity contribution in [3.05, 3.63) is 58.6 Å². The number of oxazole rings is 1. The van der Waals surface area contributed by atoms with E-state index in [1.165, 1.54) is 0 Å². The Hall–Kier alpha value is -2.86. The molecular weight excluding hydrogens is 376 g/mol. The van der Waals surface area contributed by atoms with Crippen molar-refractivity contribution in [1.82, 2.24) is 14.9 Å². The summed E-state index contributed by atoms with van der Waals surface area (Å²) in [7, 11) is 1.70. The maximum atomic E-state index is 6.06. The number of hydrogen-bond donors (Lipinski definition) is 0. The Labute approximate surface area is 178 Å². The number of anilines is 1. The average Bonchev–Trinajstić information content (AvgIpc) is 3.10. The number of ether oxygens (including phenoxy) is 1. The van der Waals surface area contributed by atoms with Crippen LogP contribution in [0.4, 0.5) is 5.82 Å². The van der Waals surface area contributed by atoms with E-state index in [0.29, 0.717) is 5.89 Å². The van der Waals surface area contributed by atoms with Gasteiger partial charge < -0.3 is 14.1 Å². The standard InChI is InChI=1S/C24H30N4O2/c1-16-7-6-8-23(25-16)28-13-11-27(12-14-28)15-21-19(4)30-24(26-21)20-9-10-22(29-5)18(3)17(20)2/h6-10H,11-15H2,1-5H3. The highest BCUT2D eigenvalue weighted by molar-refractivity contribution is 5.63. The second kappa shape index (κ2) is 8.48. The quantitative estimate of drug-likeness (QED) is 0.630. The molecule has 0 amide bonds. The second-order valence-electron chi connectivity index (χ2n) is 7.99. The fourth-order valence-corrected chi connectivity index (χ4v) is 3.99. The van der Waals surface area contributed by atoms with Gasteiger partial charge in [-0.2, -0.15) is 0 Å². The Kier molecular flexibility index (Phi) is 5.77. The number of aryl methyl sites for hydroxylation is 2. The summed E-state index contributed by atoms with van der Waals surface area (Å²) in [6.07, 6.45) is 0. The Bertz CT molecular complexity index is 1040. The Morgan fingerprint density at radius 1 is 0.933 bits per heavy atom. The number of pyridine rings is 1. The minimum absolute atomic E-state index is 0.688. The topological polar surface area (TPSA) is 54.6 Å². The number of aromatic nitrogens is 2. The van der Waals surface area contributed by atoms with Crippen molar-refractivity contribution in [2.75, 3.05) is 38.2 Å². The lowest BCUT2D eigenvalue weighted by Gasteiger charge is -2.35. The van der Waals surface area contributed by atoms with Crippen LogP contribution in [0, 0.1) is 27.7 Å². The predicted octanol–water partition coefficient (Wildman–Crippen LogP) is 4.30. The van der Waals surface area contributed by atoms with Crippen molar-refractivity contribution < 1.29 is 9.15 Å². The van der Waals surface area contributed by atoms with Crippen molar-refractivity contribution in [1.29, 1.82) is 0 Å². The molecule has 0 bridgehead atoms. The lowest BCUT2D eigenvalue weighted by Crippen LogP contribution is -2.46. The SMILES string of the molecule is COc1ccc(-c2nc(CN3CCN(c4cccc(C)n4)CC3)c(C)o2)c(C)c1C. The molecule has 1 saturated heterocycles. The summed E-state index contributed by atoms with van der Waals surface area (Å²) in [4.78, 5) is 14.3. The van der Waals surface area contributed by atoms with E-state index >= 15 is 0 Å². The lowest BCUT2D eigenvalue weighted by molar-refractivity contribution is 0.245. The van der Waals surface area contributed by atoms with Crippen molar-refractivity contribution in [3.63, 3.8) is 0 Å². The Balaban J connectivity index is 1.45. The van der Waals surface area contributed by atoms with Gasteiger partial charge in [-0.3, -0.25) is 4.90 Å². The Morgan fingerprint density at radius 2 is 1.70 bits per heavy atom. The first-order chi connectivity index (χ1) is 14.5. The maximum Gasteiger partial charge on any atom is 0.226 e. The van der Waals surface area contributed by atoms with E-state index in [2.05, 4.69) is 40.8 Å². The molecule has 6 heteroatoms. The van der Waals surface area contributed by atoms with Crippen LogP contribution in [-0.2, 0) is 6.54 Å².